The van der Waals surface area contributed by atoms with E-state index >= 15 is 0 Å². The monoisotopic (exact) mass is 208 g/mol. The standard InChI is InChI=1S/C12H20N2O/c1-10(2)12-8-11(15-13-12)9-14-6-4-3-5-7-14/h8,10H,3-7,9H2,1-2H3. The number of piperidine rings is 1. The molecule has 2 heterocycles. The third kappa shape index (κ3) is 2.81. The van der Waals surface area contributed by atoms with Crippen LogP contribution in [0.2, 0.25) is 0 Å². The van der Waals surface area contributed by atoms with Gasteiger partial charge in [-0.2, -0.15) is 0 Å². The Balaban J connectivity index is 1.91. The van der Waals surface area contributed by atoms with Crippen molar-refractivity contribution in [3.63, 3.8) is 0 Å². The molecule has 0 saturated carbocycles. The number of rotatable bonds is 3. The normalized spacial score (nSPS) is 18.6. The first-order valence-electron chi connectivity index (χ1n) is 5.93. The van der Waals surface area contributed by atoms with Gasteiger partial charge in [-0.15, -0.1) is 0 Å². The van der Waals surface area contributed by atoms with Crippen LogP contribution in [0.5, 0.6) is 0 Å². The van der Waals surface area contributed by atoms with Crippen LogP contribution in [-0.4, -0.2) is 23.1 Å². The smallest absolute Gasteiger partial charge is 0.150 e. The zero-order chi connectivity index (χ0) is 10.7. The van der Waals surface area contributed by atoms with E-state index in [0.29, 0.717) is 5.92 Å². The molecule has 1 aromatic heterocycles. The van der Waals surface area contributed by atoms with Gasteiger partial charge in [-0.25, -0.2) is 0 Å². The number of aromatic nitrogens is 1. The van der Waals surface area contributed by atoms with Crippen LogP contribution in [0.3, 0.4) is 0 Å². The van der Waals surface area contributed by atoms with E-state index in [1.807, 2.05) is 0 Å². The fourth-order valence-electron chi connectivity index (χ4n) is 2.01. The lowest BCUT2D eigenvalue weighted by atomic mass is 10.1. The maximum atomic E-state index is 5.34. The third-order valence-electron chi connectivity index (χ3n) is 3.00. The van der Waals surface area contributed by atoms with E-state index in [1.165, 1.54) is 32.4 Å². The average Bonchev–Trinajstić information content (AvgIpc) is 2.68. The van der Waals surface area contributed by atoms with Crippen molar-refractivity contribution in [1.82, 2.24) is 10.1 Å². The molecule has 1 aliphatic rings. The molecule has 3 heteroatoms. The van der Waals surface area contributed by atoms with Crippen LogP contribution >= 0.6 is 0 Å². The molecule has 1 fully saturated rings. The van der Waals surface area contributed by atoms with Gasteiger partial charge in [0.15, 0.2) is 5.76 Å². The first-order valence-corrected chi connectivity index (χ1v) is 5.93. The van der Waals surface area contributed by atoms with Crippen molar-refractivity contribution in [1.29, 1.82) is 0 Å². The summed E-state index contributed by atoms with van der Waals surface area (Å²) in [5.41, 5.74) is 1.07. The van der Waals surface area contributed by atoms with Gasteiger partial charge >= 0.3 is 0 Å². The Morgan fingerprint density at radius 3 is 2.67 bits per heavy atom. The number of hydrogen-bond acceptors (Lipinski definition) is 3. The van der Waals surface area contributed by atoms with Crippen LogP contribution in [0.15, 0.2) is 10.6 Å². The molecule has 0 atom stereocenters. The van der Waals surface area contributed by atoms with E-state index < -0.39 is 0 Å². The second kappa shape index (κ2) is 4.79. The first-order chi connectivity index (χ1) is 7.25. The summed E-state index contributed by atoms with van der Waals surface area (Å²) in [5.74, 6) is 1.48. The van der Waals surface area contributed by atoms with Crippen molar-refractivity contribution in [2.75, 3.05) is 13.1 Å². The van der Waals surface area contributed by atoms with Crippen molar-refractivity contribution in [3.05, 3.63) is 17.5 Å². The summed E-state index contributed by atoms with van der Waals surface area (Å²) < 4.78 is 5.34. The minimum Gasteiger partial charge on any atom is -0.360 e. The molecule has 0 bridgehead atoms. The van der Waals surface area contributed by atoms with E-state index in [2.05, 4.69) is 30.0 Å². The van der Waals surface area contributed by atoms with Crippen molar-refractivity contribution in [2.45, 2.75) is 45.6 Å². The molecular formula is C12H20N2O. The lowest BCUT2D eigenvalue weighted by Crippen LogP contribution is -2.28. The number of likely N-dealkylation sites (tertiary alicyclic amines) is 1. The van der Waals surface area contributed by atoms with E-state index in [0.717, 1.165) is 18.0 Å². The lowest BCUT2D eigenvalue weighted by Gasteiger charge is -2.24. The van der Waals surface area contributed by atoms with Gasteiger partial charge in [-0.3, -0.25) is 4.90 Å². The summed E-state index contributed by atoms with van der Waals surface area (Å²) in [5, 5.41) is 4.08. The Morgan fingerprint density at radius 2 is 2.07 bits per heavy atom. The minimum atomic E-state index is 0.462. The molecule has 0 radical (unpaired) electrons. The van der Waals surface area contributed by atoms with Gasteiger partial charge in [0.1, 0.15) is 0 Å². The molecule has 0 aliphatic carbocycles. The van der Waals surface area contributed by atoms with E-state index in [9.17, 15) is 0 Å². The molecule has 0 spiro atoms. The molecule has 0 N–H and O–H groups in total. The second-order valence-electron chi connectivity index (χ2n) is 4.71. The molecular weight excluding hydrogens is 188 g/mol. The summed E-state index contributed by atoms with van der Waals surface area (Å²) in [4.78, 5) is 2.45. The SMILES string of the molecule is CC(C)c1cc(CN2CCCCC2)on1. The molecule has 2 rings (SSSR count). The Kier molecular flexibility index (Phi) is 3.41. The first kappa shape index (κ1) is 10.7. The largest absolute Gasteiger partial charge is 0.360 e. The van der Waals surface area contributed by atoms with E-state index in [-0.39, 0.29) is 0 Å². The van der Waals surface area contributed by atoms with Crippen LogP contribution in [0.1, 0.15) is 50.5 Å². The highest BCUT2D eigenvalue weighted by atomic mass is 16.5. The van der Waals surface area contributed by atoms with Crippen molar-refractivity contribution < 1.29 is 4.52 Å². The minimum absolute atomic E-state index is 0.462. The highest BCUT2D eigenvalue weighted by Gasteiger charge is 2.14. The summed E-state index contributed by atoms with van der Waals surface area (Å²) in [6.07, 6.45) is 4.03. The maximum Gasteiger partial charge on any atom is 0.150 e. The summed E-state index contributed by atoms with van der Waals surface area (Å²) >= 11 is 0. The van der Waals surface area contributed by atoms with Crippen LogP contribution in [-0.2, 0) is 6.54 Å². The van der Waals surface area contributed by atoms with Crippen LogP contribution < -0.4 is 0 Å². The molecule has 84 valence electrons. The van der Waals surface area contributed by atoms with Crippen LogP contribution in [0.4, 0.5) is 0 Å². The van der Waals surface area contributed by atoms with Crippen molar-refractivity contribution >= 4 is 0 Å². The Morgan fingerprint density at radius 1 is 1.33 bits per heavy atom. The van der Waals surface area contributed by atoms with Gasteiger partial charge in [-0.05, 0) is 31.8 Å². The second-order valence-corrected chi connectivity index (χ2v) is 4.71. The molecule has 0 unspecified atom stereocenters. The van der Waals surface area contributed by atoms with Gasteiger partial charge in [0.25, 0.3) is 0 Å². The molecule has 1 aliphatic heterocycles. The van der Waals surface area contributed by atoms with Crippen LogP contribution in [0, 0.1) is 0 Å². The van der Waals surface area contributed by atoms with Gasteiger partial charge in [0.05, 0.1) is 12.2 Å². The van der Waals surface area contributed by atoms with Crippen molar-refractivity contribution in [3.8, 4) is 0 Å². The summed E-state index contributed by atoms with van der Waals surface area (Å²) in [6.45, 7) is 7.63. The summed E-state index contributed by atoms with van der Waals surface area (Å²) in [6, 6.07) is 2.10. The van der Waals surface area contributed by atoms with Crippen molar-refractivity contribution in [2.24, 2.45) is 0 Å². The number of hydrogen-bond donors (Lipinski definition) is 0. The van der Waals surface area contributed by atoms with E-state index in [1.54, 1.807) is 0 Å². The Bertz CT molecular complexity index is 300. The van der Waals surface area contributed by atoms with Gasteiger partial charge in [0.2, 0.25) is 0 Å². The zero-order valence-corrected chi connectivity index (χ0v) is 9.70. The highest BCUT2D eigenvalue weighted by molar-refractivity contribution is 5.08. The predicted molar refractivity (Wildman–Crippen MR) is 59.7 cm³/mol. The average molecular weight is 208 g/mol. The Labute approximate surface area is 91.4 Å². The molecule has 1 aromatic rings. The topological polar surface area (TPSA) is 29.3 Å². The fraction of sp³-hybridized carbons (Fsp3) is 0.750. The molecule has 15 heavy (non-hydrogen) atoms. The maximum absolute atomic E-state index is 5.34. The lowest BCUT2D eigenvalue weighted by molar-refractivity contribution is 0.197. The molecule has 3 nitrogen and oxygen atoms in total. The summed E-state index contributed by atoms with van der Waals surface area (Å²) in [7, 11) is 0. The fourth-order valence-corrected chi connectivity index (χ4v) is 2.01. The quantitative estimate of drug-likeness (QED) is 0.765. The van der Waals surface area contributed by atoms with E-state index in [4.69, 9.17) is 4.52 Å². The highest BCUT2D eigenvalue weighted by Crippen LogP contribution is 2.17. The molecule has 0 aromatic carbocycles. The Hall–Kier alpha value is -0.830. The zero-order valence-electron chi connectivity index (χ0n) is 9.70. The van der Waals surface area contributed by atoms with Gasteiger partial charge < -0.3 is 4.52 Å². The van der Waals surface area contributed by atoms with Gasteiger partial charge in [-0.1, -0.05) is 25.4 Å². The van der Waals surface area contributed by atoms with Gasteiger partial charge in [0, 0.05) is 6.07 Å². The number of nitrogens with zero attached hydrogens (tertiary/aromatic N) is 2. The van der Waals surface area contributed by atoms with Crippen LogP contribution in [0.25, 0.3) is 0 Å². The predicted octanol–water partition coefficient (Wildman–Crippen LogP) is 2.78. The third-order valence-corrected chi connectivity index (χ3v) is 3.00. The molecule has 0 amide bonds. The molecule has 1 saturated heterocycles.